The highest BCUT2D eigenvalue weighted by atomic mass is 32.1. The van der Waals surface area contributed by atoms with Crippen LogP contribution in [-0.2, 0) is 4.79 Å². The van der Waals surface area contributed by atoms with Crippen LogP contribution in [0.4, 0.5) is 5.69 Å². The fourth-order valence-corrected chi connectivity index (χ4v) is 6.66. The molecule has 2 saturated carbocycles. The Morgan fingerprint density at radius 3 is 2.25 bits per heavy atom. The van der Waals surface area contributed by atoms with Gasteiger partial charge in [0.1, 0.15) is 4.88 Å². The van der Waals surface area contributed by atoms with Crippen molar-refractivity contribution >= 4 is 35.1 Å². The van der Waals surface area contributed by atoms with Gasteiger partial charge < -0.3 is 10.0 Å². The number of carboxylic acids is 1. The Morgan fingerprint density at radius 1 is 1.03 bits per heavy atom. The number of nitrogens with zero attached hydrogens (tertiary/aromatic N) is 3. The number of rotatable bonds is 8. The van der Waals surface area contributed by atoms with E-state index in [1.807, 2.05) is 53.2 Å². The molecule has 192 valence electrons. The van der Waals surface area contributed by atoms with Crippen molar-refractivity contribution in [3.8, 4) is 10.4 Å². The molecule has 0 radical (unpaired) electrons. The molecule has 2 aliphatic rings. The summed E-state index contributed by atoms with van der Waals surface area (Å²) in [6.07, 6.45) is 10.7. The van der Waals surface area contributed by atoms with Crippen molar-refractivity contribution in [2.75, 3.05) is 4.90 Å². The summed E-state index contributed by atoms with van der Waals surface area (Å²) in [5, 5.41) is 16.5. The predicted molar refractivity (Wildman–Crippen MR) is 148 cm³/mol. The van der Waals surface area contributed by atoms with Gasteiger partial charge in [0.2, 0.25) is 5.91 Å². The van der Waals surface area contributed by atoms with Crippen molar-refractivity contribution in [1.29, 1.82) is 0 Å². The van der Waals surface area contributed by atoms with Crippen LogP contribution in [0.3, 0.4) is 0 Å². The van der Waals surface area contributed by atoms with Crippen LogP contribution in [0.5, 0.6) is 0 Å². The lowest BCUT2D eigenvalue weighted by molar-refractivity contribution is -0.124. The van der Waals surface area contributed by atoms with E-state index in [2.05, 4.69) is 18.6 Å². The van der Waals surface area contributed by atoms with Gasteiger partial charge in [0.25, 0.3) is 0 Å². The predicted octanol–water partition coefficient (Wildman–Crippen LogP) is 7.04. The lowest BCUT2D eigenvalue weighted by Gasteiger charge is -2.40. The second-order valence-electron chi connectivity index (χ2n) is 10.1. The van der Waals surface area contributed by atoms with Crippen LogP contribution in [0.25, 0.3) is 10.4 Å². The smallest absolute Gasteiger partial charge is 0.348 e. The minimum atomic E-state index is -0.976. The van der Waals surface area contributed by atoms with Gasteiger partial charge in [-0.3, -0.25) is 9.80 Å². The first-order chi connectivity index (χ1) is 17.4. The quantitative estimate of drug-likeness (QED) is 0.307. The monoisotopic (exact) mass is 507 g/mol. The Labute approximate surface area is 218 Å². The molecule has 0 bridgehead atoms. The summed E-state index contributed by atoms with van der Waals surface area (Å²) in [6.45, 7) is 8.04. The number of amides is 1. The van der Waals surface area contributed by atoms with E-state index in [0.717, 1.165) is 61.8 Å². The van der Waals surface area contributed by atoms with Crippen molar-refractivity contribution in [2.24, 2.45) is 16.9 Å². The zero-order valence-electron chi connectivity index (χ0n) is 21.3. The van der Waals surface area contributed by atoms with E-state index in [-0.39, 0.29) is 28.8 Å². The molecule has 36 heavy (non-hydrogen) atoms. The molecule has 1 N–H and O–H groups in total. The Morgan fingerprint density at radius 2 is 1.67 bits per heavy atom. The standard InChI is InChI=1S/C29H37N3O3S/c1-4-30-31(5-2)23-15-17-24(18-16-23)32(28(33)22-13-11-20(3)12-14-22)25-19-26(36-27(25)29(34)35)21-9-7-6-8-10-21/h4-10,19-20,22-24H,2,11-18H2,1,3H3,(H,34,35)/b30-4-. The molecule has 4 rings (SSSR count). The van der Waals surface area contributed by atoms with Gasteiger partial charge in [0, 0.05) is 29.3 Å². The van der Waals surface area contributed by atoms with Crippen LogP contribution < -0.4 is 4.90 Å². The van der Waals surface area contributed by atoms with Gasteiger partial charge in [-0.2, -0.15) is 5.10 Å². The highest BCUT2D eigenvalue weighted by Gasteiger charge is 2.38. The first-order valence-corrected chi connectivity index (χ1v) is 13.9. The fraction of sp³-hybridized carbons (Fsp3) is 0.483. The van der Waals surface area contributed by atoms with E-state index < -0.39 is 5.97 Å². The third kappa shape index (κ3) is 5.72. The van der Waals surface area contributed by atoms with Gasteiger partial charge in [-0.05, 0) is 75.8 Å². The number of benzene rings is 1. The number of thiophene rings is 1. The molecule has 1 aromatic carbocycles. The lowest BCUT2D eigenvalue weighted by Crippen LogP contribution is -2.48. The lowest BCUT2D eigenvalue weighted by atomic mass is 9.81. The third-order valence-corrected chi connectivity index (χ3v) is 8.83. The Balaban J connectivity index is 1.68. The summed E-state index contributed by atoms with van der Waals surface area (Å²) < 4.78 is 0. The molecular formula is C29H37N3O3S. The first-order valence-electron chi connectivity index (χ1n) is 13.1. The molecule has 1 amide bonds. The maximum atomic E-state index is 14.1. The molecule has 0 aliphatic heterocycles. The van der Waals surface area contributed by atoms with Crippen LogP contribution in [0, 0.1) is 11.8 Å². The largest absolute Gasteiger partial charge is 0.477 e. The van der Waals surface area contributed by atoms with E-state index >= 15 is 0 Å². The highest BCUT2D eigenvalue weighted by molar-refractivity contribution is 7.18. The minimum absolute atomic E-state index is 0.0262. The van der Waals surface area contributed by atoms with Gasteiger partial charge in [0.05, 0.1) is 11.7 Å². The molecule has 0 spiro atoms. The number of aromatic carboxylic acids is 1. The van der Waals surface area contributed by atoms with Crippen LogP contribution in [0.1, 0.15) is 74.9 Å². The number of anilines is 1. The normalized spacial score (nSPS) is 24.4. The van der Waals surface area contributed by atoms with Crippen molar-refractivity contribution in [1.82, 2.24) is 5.01 Å². The number of carbonyl (C=O) groups is 2. The molecule has 0 saturated heterocycles. The zero-order chi connectivity index (χ0) is 25.7. The highest BCUT2D eigenvalue weighted by Crippen LogP contribution is 2.42. The van der Waals surface area contributed by atoms with Gasteiger partial charge in [0.15, 0.2) is 0 Å². The second kappa shape index (κ2) is 11.9. The molecular weight excluding hydrogens is 470 g/mol. The van der Waals surface area contributed by atoms with Crippen molar-refractivity contribution < 1.29 is 14.7 Å². The maximum Gasteiger partial charge on any atom is 0.348 e. The molecule has 0 atom stereocenters. The van der Waals surface area contributed by atoms with Crippen molar-refractivity contribution in [3.63, 3.8) is 0 Å². The average Bonchev–Trinajstić information content (AvgIpc) is 3.34. The number of hydrogen-bond acceptors (Lipinski definition) is 5. The summed E-state index contributed by atoms with van der Waals surface area (Å²) in [5.74, 6) is -0.286. The van der Waals surface area contributed by atoms with Crippen LogP contribution in [-0.4, -0.2) is 40.3 Å². The van der Waals surface area contributed by atoms with Crippen LogP contribution >= 0.6 is 11.3 Å². The van der Waals surface area contributed by atoms with Gasteiger partial charge in [-0.25, -0.2) is 4.79 Å². The van der Waals surface area contributed by atoms with E-state index in [1.54, 1.807) is 12.4 Å². The molecule has 6 nitrogen and oxygen atoms in total. The average molecular weight is 508 g/mol. The topological polar surface area (TPSA) is 73.2 Å². The van der Waals surface area contributed by atoms with E-state index in [0.29, 0.717) is 11.6 Å². The Hall–Kier alpha value is -2.93. The molecule has 2 aromatic rings. The van der Waals surface area contributed by atoms with Gasteiger partial charge >= 0.3 is 5.97 Å². The zero-order valence-corrected chi connectivity index (χ0v) is 22.1. The van der Waals surface area contributed by atoms with E-state index in [1.165, 1.54) is 11.3 Å². The SMILES string of the molecule is C=CN(/N=C\C)C1CCC(N(C(=O)C2CCC(C)CC2)c2cc(-c3ccccc3)sc2C(=O)O)CC1. The summed E-state index contributed by atoms with van der Waals surface area (Å²) in [7, 11) is 0. The molecule has 7 heteroatoms. The fourth-order valence-electron chi connectivity index (χ4n) is 5.66. The Bertz CT molecular complexity index is 1080. The van der Waals surface area contributed by atoms with Gasteiger partial charge in [-0.15, -0.1) is 11.3 Å². The van der Waals surface area contributed by atoms with Crippen LogP contribution in [0.2, 0.25) is 0 Å². The van der Waals surface area contributed by atoms with E-state index in [4.69, 9.17) is 0 Å². The molecule has 2 fully saturated rings. The summed E-state index contributed by atoms with van der Waals surface area (Å²) in [4.78, 5) is 29.5. The maximum absolute atomic E-state index is 14.1. The molecule has 1 aromatic heterocycles. The molecule has 0 unspecified atom stereocenters. The summed E-state index contributed by atoms with van der Waals surface area (Å²) in [5.41, 5.74) is 1.53. The minimum Gasteiger partial charge on any atom is -0.477 e. The number of carbonyl (C=O) groups excluding carboxylic acids is 1. The van der Waals surface area contributed by atoms with Crippen molar-refractivity contribution in [3.05, 3.63) is 54.1 Å². The van der Waals surface area contributed by atoms with Crippen molar-refractivity contribution in [2.45, 2.75) is 77.3 Å². The number of carboxylic acid groups (broad SMARTS) is 1. The van der Waals surface area contributed by atoms with E-state index in [9.17, 15) is 14.7 Å². The second-order valence-corrected chi connectivity index (χ2v) is 11.1. The Kier molecular flexibility index (Phi) is 8.62. The summed E-state index contributed by atoms with van der Waals surface area (Å²) in [6, 6.07) is 12.0. The number of hydrazone groups is 1. The third-order valence-electron chi connectivity index (χ3n) is 7.67. The molecule has 2 aliphatic carbocycles. The first kappa shape index (κ1) is 26.1. The van der Waals surface area contributed by atoms with Gasteiger partial charge in [-0.1, -0.05) is 43.8 Å². The molecule has 1 heterocycles. The van der Waals surface area contributed by atoms with Crippen LogP contribution in [0.15, 0.2) is 54.3 Å². The summed E-state index contributed by atoms with van der Waals surface area (Å²) >= 11 is 1.26. The number of hydrogen-bond donors (Lipinski definition) is 1.